The van der Waals surface area contributed by atoms with Crippen LogP contribution in [0.1, 0.15) is 32.1 Å². The normalized spacial score (nSPS) is 20.5. The van der Waals surface area contributed by atoms with Crippen molar-refractivity contribution in [3.8, 4) is 0 Å². The molecule has 1 fully saturated rings. The molecule has 2 aliphatic heterocycles. The van der Waals surface area contributed by atoms with E-state index in [-0.39, 0.29) is 11.8 Å². The van der Waals surface area contributed by atoms with E-state index in [1.807, 2.05) is 11.0 Å². The monoisotopic (exact) mass is 350 g/mol. The zero-order valence-corrected chi connectivity index (χ0v) is 14.4. The molecule has 0 bridgehead atoms. The Hall–Kier alpha value is -1.46. The molecule has 0 spiro atoms. The second kappa shape index (κ2) is 7.41. The van der Waals surface area contributed by atoms with Crippen molar-refractivity contribution in [3.63, 3.8) is 0 Å². The first-order chi connectivity index (χ1) is 11.1. The summed E-state index contributed by atoms with van der Waals surface area (Å²) in [5.41, 5.74) is 0.698. The zero-order valence-electron chi connectivity index (χ0n) is 12.8. The maximum atomic E-state index is 12.5. The van der Waals surface area contributed by atoms with Gasteiger partial charge in [-0.2, -0.15) is 0 Å². The Labute approximate surface area is 145 Å². The molecule has 1 N–H and O–H groups in total. The number of carbonyl (C=O) groups excluding carboxylic acids is 2. The molecule has 0 aromatic heterocycles. The van der Waals surface area contributed by atoms with E-state index in [1.54, 1.807) is 12.1 Å². The van der Waals surface area contributed by atoms with Crippen LogP contribution in [0.25, 0.3) is 0 Å². The molecule has 0 atom stereocenters. The predicted molar refractivity (Wildman–Crippen MR) is 93.7 cm³/mol. The van der Waals surface area contributed by atoms with E-state index in [1.165, 1.54) is 37.1 Å². The molecule has 3 rings (SSSR count). The number of nitrogens with one attached hydrogen (secondary N) is 1. The van der Waals surface area contributed by atoms with Gasteiger partial charge >= 0.3 is 0 Å². The van der Waals surface area contributed by atoms with Crippen molar-refractivity contribution in [3.05, 3.63) is 34.2 Å². The summed E-state index contributed by atoms with van der Waals surface area (Å²) >= 11 is 7.26. The minimum atomic E-state index is -0.245. The maximum Gasteiger partial charge on any atom is 0.262 e. The van der Waals surface area contributed by atoms with Crippen LogP contribution in [0.3, 0.4) is 0 Å². The molecule has 6 heteroatoms. The third-order valence-electron chi connectivity index (χ3n) is 4.06. The topological polar surface area (TPSA) is 49.4 Å². The van der Waals surface area contributed by atoms with Crippen LogP contribution in [0, 0.1) is 0 Å². The van der Waals surface area contributed by atoms with Gasteiger partial charge in [0.15, 0.2) is 0 Å². The summed E-state index contributed by atoms with van der Waals surface area (Å²) in [7, 11) is 0. The van der Waals surface area contributed by atoms with Crippen LogP contribution in [0.2, 0.25) is 5.02 Å². The molecule has 23 heavy (non-hydrogen) atoms. The fourth-order valence-electron chi connectivity index (χ4n) is 2.80. The summed E-state index contributed by atoms with van der Waals surface area (Å²) < 4.78 is 0. The van der Waals surface area contributed by atoms with Crippen molar-refractivity contribution >= 4 is 40.9 Å². The number of carbonyl (C=O) groups is 2. The van der Waals surface area contributed by atoms with E-state index in [0.717, 1.165) is 30.8 Å². The number of hydrogen-bond acceptors (Lipinski definition) is 3. The van der Waals surface area contributed by atoms with Crippen molar-refractivity contribution in [1.29, 1.82) is 0 Å². The Morgan fingerprint density at radius 2 is 1.87 bits per heavy atom. The number of nitrogens with zero attached hydrogens (tertiary/aromatic N) is 1. The fraction of sp³-hybridized carbons (Fsp3) is 0.412. The van der Waals surface area contributed by atoms with Crippen LogP contribution in [-0.2, 0) is 9.59 Å². The maximum absolute atomic E-state index is 12.5. The molecule has 2 aliphatic rings. The number of halogens is 1. The van der Waals surface area contributed by atoms with E-state index >= 15 is 0 Å². The molecule has 122 valence electrons. The highest BCUT2D eigenvalue weighted by molar-refractivity contribution is 8.04. The molecular weight excluding hydrogens is 332 g/mol. The van der Waals surface area contributed by atoms with Crippen molar-refractivity contribution in [2.45, 2.75) is 37.0 Å². The lowest BCUT2D eigenvalue weighted by atomic mass is 10.1. The van der Waals surface area contributed by atoms with Gasteiger partial charge in [0.05, 0.1) is 10.6 Å². The SMILES string of the molecule is O=C1Nc2cc(Cl)ccc2SC1=CC(=O)N1CCCCCCC1. The van der Waals surface area contributed by atoms with Crippen LogP contribution in [0.4, 0.5) is 5.69 Å². The van der Waals surface area contributed by atoms with E-state index in [4.69, 9.17) is 11.6 Å². The highest BCUT2D eigenvalue weighted by Crippen LogP contribution is 2.39. The van der Waals surface area contributed by atoms with Gasteiger partial charge in [-0.1, -0.05) is 42.6 Å². The molecule has 1 aromatic carbocycles. The minimum Gasteiger partial charge on any atom is -0.339 e. The molecule has 0 aliphatic carbocycles. The standard InChI is InChI=1S/C17H19ClN2O2S/c18-12-6-7-14-13(10-12)19-17(22)15(23-14)11-16(21)20-8-4-2-1-3-5-9-20/h6-7,10-11H,1-5,8-9H2,(H,19,22). The van der Waals surface area contributed by atoms with Crippen molar-refractivity contribution in [2.24, 2.45) is 0 Å². The molecule has 1 aromatic rings. The first-order valence-electron chi connectivity index (χ1n) is 7.93. The lowest BCUT2D eigenvalue weighted by Gasteiger charge is -2.24. The average molecular weight is 351 g/mol. The van der Waals surface area contributed by atoms with Crippen LogP contribution in [-0.4, -0.2) is 29.8 Å². The van der Waals surface area contributed by atoms with Gasteiger partial charge in [-0.3, -0.25) is 9.59 Å². The fourth-order valence-corrected chi connectivity index (χ4v) is 3.87. The van der Waals surface area contributed by atoms with Gasteiger partial charge in [0.2, 0.25) is 5.91 Å². The van der Waals surface area contributed by atoms with Crippen LogP contribution in [0.15, 0.2) is 34.1 Å². The van der Waals surface area contributed by atoms with E-state index in [0.29, 0.717) is 15.6 Å². The van der Waals surface area contributed by atoms with Gasteiger partial charge in [0, 0.05) is 29.1 Å². The van der Waals surface area contributed by atoms with Crippen LogP contribution >= 0.6 is 23.4 Å². The van der Waals surface area contributed by atoms with Crippen molar-refractivity contribution in [1.82, 2.24) is 4.90 Å². The Balaban J connectivity index is 1.75. The van der Waals surface area contributed by atoms with Crippen molar-refractivity contribution in [2.75, 3.05) is 18.4 Å². The van der Waals surface area contributed by atoms with Gasteiger partial charge in [-0.25, -0.2) is 0 Å². The lowest BCUT2D eigenvalue weighted by Crippen LogP contribution is -2.33. The molecule has 4 nitrogen and oxygen atoms in total. The molecule has 0 unspecified atom stereocenters. The van der Waals surface area contributed by atoms with Gasteiger partial charge in [0.1, 0.15) is 0 Å². The number of rotatable bonds is 1. The van der Waals surface area contributed by atoms with Crippen molar-refractivity contribution < 1.29 is 9.59 Å². The molecule has 2 heterocycles. The van der Waals surface area contributed by atoms with E-state index in [9.17, 15) is 9.59 Å². The van der Waals surface area contributed by atoms with Gasteiger partial charge < -0.3 is 10.2 Å². The first-order valence-corrected chi connectivity index (χ1v) is 9.12. The molecular formula is C17H19ClN2O2S. The highest BCUT2D eigenvalue weighted by Gasteiger charge is 2.23. The zero-order chi connectivity index (χ0) is 16.2. The van der Waals surface area contributed by atoms with E-state index in [2.05, 4.69) is 5.32 Å². The third-order valence-corrected chi connectivity index (χ3v) is 5.39. The largest absolute Gasteiger partial charge is 0.339 e. The number of benzene rings is 1. The third kappa shape index (κ3) is 4.09. The summed E-state index contributed by atoms with van der Waals surface area (Å²) in [6.07, 6.45) is 7.14. The number of thioether (sulfide) groups is 1. The van der Waals surface area contributed by atoms with Crippen LogP contribution in [0.5, 0.6) is 0 Å². The van der Waals surface area contributed by atoms with Gasteiger partial charge in [-0.15, -0.1) is 0 Å². The Kier molecular flexibility index (Phi) is 5.28. The minimum absolute atomic E-state index is 0.0676. The molecule has 0 radical (unpaired) electrons. The molecule has 2 amide bonds. The second-order valence-electron chi connectivity index (χ2n) is 5.80. The molecule has 0 saturated carbocycles. The highest BCUT2D eigenvalue weighted by atomic mass is 35.5. The quantitative estimate of drug-likeness (QED) is 0.777. The lowest BCUT2D eigenvalue weighted by molar-refractivity contribution is -0.126. The number of fused-ring (bicyclic) bond motifs is 1. The Bertz CT molecular complexity index is 652. The second-order valence-corrected chi connectivity index (χ2v) is 7.32. The van der Waals surface area contributed by atoms with E-state index < -0.39 is 0 Å². The predicted octanol–water partition coefficient (Wildman–Crippen LogP) is 4.06. The smallest absolute Gasteiger partial charge is 0.262 e. The number of hydrogen-bond donors (Lipinski definition) is 1. The number of likely N-dealkylation sites (tertiary alicyclic amines) is 1. The first kappa shape index (κ1) is 16.4. The summed E-state index contributed by atoms with van der Waals surface area (Å²) in [6, 6.07) is 5.36. The molecule has 1 saturated heterocycles. The summed E-state index contributed by atoms with van der Waals surface area (Å²) in [5.74, 6) is -0.313. The van der Waals surface area contributed by atoms with Gasteiger partial charge in [0.25, 0.3) is 5.91 Å². The summed E-state index contributed by atoms with van der Waals surface area (Å²) in [4.78, 5) is 27.9. The Morgan fingerprint density at radius 3 is 2.61 bits per heavy atom. The number of anilines is 1. The summed E-state index contributed by atoms with van der Waals surface area (Å²) in [5, 5.41) is 3.38. The average Bonchev–Trinajstić information content (AvgIpc) is 2.47. The van der Waals surface area contributed by atoms with Gasteiger partial charge in [-0.05, 0) is 31.0 Å². The Morgan fingerprint density at radius 1 is 1.17 bits per heavy atom. The number of amides is 2. The summed E-state index contributed by atoms with van der Waals surface area (Å²) in [6.45, 7) is 1.56. The van der Waals surface area contributed by atoms with Crippen LogP contribution < -0.4 is 5.32 Å².